The minimum Gasteiger partial charge on any atom is -0.438 e. The molecule has 0 aliphatic carbocycles. The molecule has 0 bridgehead atoms. The van der Waals surface area contributed by atoms with Gasteiger partial charge in [0.2, 0.25) is 15.8 Å². The Morgan fingerprint density at radius 1 is 1.35 bits per heavy atom. The molecule has 2 aromatic rings. The number of nitrogens with one attached hydrogen (secondary N) is 1. The van der Waals surface area contributed by atoms with E-state index in [1.165, 1.54) is 6.39 Å². The number of nitrogens with zero attached hydrogens (tertiary/aromatic N) is 1. The largest absolute Gasteiger partial charge is 0.438 e. The lowest BCUT2D eigenvalue weighted by Gasteiger charge is -2.05. The van der Waals surface area contributed by atoms with E-state index in [9.17, 15) is 13.2 Å². The van der Waals surface area contributed by atoms with Crippen LogP contribution in [0.3, 0.4) is 0 Å². The van der Waals surface area contributed by atoms with Crippen molar-refractivity contribution >= 4 is 21.6 Å². The summed E-state index contributed by atoms with van der Waals surface area (Å²) in [6, 6.07) is 6.33. The van der Waals surface area contributed by atoms with Gasteiger partial charge in [-0.25, -0.2) is 18.5 Å². The number of hydrogen-bond donors (Lipinski definition) is 2. The second-order valence-corrected chi connectivity index (χ2v) is 5.84. The van der Waals surface area contributed by atoms with Gasteiger partial charge in [-0.2, -0.15) is 0 Å². The van der Waals surface area contributed by atoms with Gasteiger partial charge in [-0.1, -0.05) is 12.1 Å². The van der Waals surface area contributed by atoms with Crippen molar-refractivity contribution in [3.8, 4) is 0 Å². The Labute approximate surface area is 115 Å². The van der Waals surface area contributed by atoms with E-state index in [0.29, 0.717) is 16.9 Å². The predicted octanol–water partition coefficient (Wildman–Crippen LogP) is 1.02. The number of anilines is 1. The van der Waals surface area contributed by atoms with E-state index >= 15 is 0 Å². The Balaban J connectivity index is 2.08. The fraction of sp³-hybridized carbons (Fsp3) is 0.167. The molecule has 0 spiro atoms. The molecule has 2 rings (SSSR count). The monoisotopic (exact) mass is 295 g/mol. The Bertz CT molecular complexity index is 719. The molecule has 20 heavy (non-hydrogen) atoms. The highest BCUT2D eigenvalue weighted by atomic mass is 32.2. The fourth-order valence-electron chi connectivity index (χ4n) is 1.62. The lowest BCUT2D eigenvalue weighted by Crippen LogP contribution is -2.15. The summed E-state index contributed by atoms with van der Waals surface area (Å²) in [5.74, 6) is -0.527. The first kappa shape index (κ1) is 14.2. The Hall–Kier alpha value is -2.19. The van der Waals surface area contributed by atoms with Gasteiger partial charge in [-0.3, -0.25) is 4.79 Å². The summed E-state index contributed by atoms with van der Waals surface area (Å²) in [6.07, 6.45) is 1.19. The number of benzene rings is 1. The maximum Gasteiger partial charge on any atom is 0.293 e. The summed E-state index contributed by atoms with van der Waals surface area (Å²) in [4.78, 5) is 15.7. The van der Waals surface area contributed by atoms with Gasteiger partial charge in [0.25, 0.3) is 5.91 Å². The molecule has 1 aromatic heterocycles. The second-order valence-electron chi connectivity index (χ2n) is 4.23. The minimum absolute atomic E-state index is 0.138. The van der Waals surface area contributed by atoms with Gasteiger partial charge in [0.05, 0.1) is 11.4 Å². The van der Waals surface area contributed by atoms with Crippen molar-refractivity contribution in [3.05, 3.63) is 47.7 Å². The maximum absolute atomic E-state index is 11.8. The minimum atomic E-state index is -3.56. The number of carbonyl (C=O) groups is 1. The zero-order chi connectivity index (χ0) is 14.8. The maximum atomic E-state index is 11.8. The quantitative estimate of drug-likeness (QED) is 0.873. The summed E-state index contributed by atoms with van der Waals surface area (Å²) in [5, 5.41) is 7.57. The number of nitrogens with two attached hydrogens (primary N) is 1. The number of rotatable bonds is 4. The van der Waals surface area contributed by atoms with Crippen LogP contribution < -0.4 is 10.5 Å². The standard InChI is InChI=1S/C12H13N3O4S/c1-8-11(19-7-14-8)12(16)15-10-4-2-9(3-5-10)6-20(13,17)18/h2-5,7H,6H2,1H3,(H,15,16)(H2,13,17,18). The van der Waals surface area contributed by atoms with Crippen molar-refractivity contribution in [1.29, 1.82) is 0 Å². The molecule has 0 unspecified atom stereocenters. The predicted molar refractivity (Wildman–Crippen MR) is 72.4 cm³/mol. The Morgan fingerprint density at radius 2 is 2.00 bits per heavy atom. The van der Waals surface area contributed by atoms with Crippen LogP contribution in [0.25, 0.3) is 0 Å². The van der Waals surface area contributed by atoms with Crippen molar-refractivity contribution in [2.24, 2.45) is 5.14 Å². The Kier molecular flexibility index (Phi) is 3.86. The number of oxazole rings is 1. The first-order chi connectivity index (χ1) is 9.35. The number of sulfonamides is 1. The topological polar surface area (TPSA) is 115 Å². The van der Waals surface area contributed by atoms with E-state index in [1.807, 2.05) is 0 Å². The highest BCUT2D eigenvalue weighted by Crippen LogP contribution is 2.13. The molecule has 8 heteroatoms. The molecule has 0 atom stereocenters. The van der Waals surface area contributed by atoms with Crippen molar-refractivity contribution in [2.45, 2.75) is 12.7 Å². The molecule has 0 aliphatic rings. The van der Waals surface area contributed by atoms with Gasteiger partial charge in [-0.15, -0.1) is 0 Å². The van der Waals surface area contributed by atoms with Gasteiger partial charge in [0.1, 0.15) is 0 Å². The van der Waals surface area contributed by atoms with E-state index in [1.54, 1.807) is 31.2 Å². The zero-order valence-corrected chi connectivity index (χ0v) is 11.5. The number of primary sulfonamides is 1. The average molecular weight is 295 g/mol. The van der Waals surface area contributed by atoms with Gasteiger partial charge in [0.15, 0.2) is 6.39 Å². The van der Waals surface area contributed by atoms with Crippen LogP contribution in [0, 0.1) is 6.92 Å². The number of amides is 1. The van der Waals surface area contributed by atoms with Crippen molar-refractivity contribution < 1.29 is 17.6 Å². The van der Waals surface area contributed by atoms with E-state index in [4.69, 9.17) is 9.56 Å². The molecule has 3 N–H and O–H groups in total. The van der Waals surface area contributed by atoms with Crippen LogP contribution in [-0.2, 0) is 15.8 Å². The van der Waals surface area contributed by atoms with Crippen LogP contribution in [0.15, 0.2) is 35.1 Å². The molecule has 0 fully saturated rings. The van der Waals surface area contributed by atoms with Crippen molar-refractivity contribution in [3.63, 3.8) is 0 Å². The smallest absolute Gasteiger partial charge is 0.293 e. The molecular weight excluding hydrogens is 282 g/mol. The van der Waals surface area contributed by atoms with Gasteiger partial charge >= 0.3 is 0 Å². The van der Waals surface area contributed by atoms with Crippen LogP contribution in [0.4, 0.5) is 5.69 Å². The van der Waals surface area contributed by atoms with E-state index in [2.05, 4.69) is 10.3 Å². The van der Waals surface area contributed by atoms with Crippen LogP contribution in [0.2, 0.25) is 0 Å². The fourth-order valence-corrected chi connectivity index (χ4v) is 2.28. The van der Waals surface area contributed by atoms with Gasteiger partial charge in [0, 0.05) is 5.69 Å². The van der Waals surface area contributed by atoms with E-state index < -0.39 is 15.9 Å². The lowest BCUT2D eigenvalue weighted by atomic mass is 10.2. The van der Waals surface area contributed by atoms with Gasteiger partial charge in [-0.05, 0) is 24.6 Å². The molecule has 1 heterocycles. The lowest BCUT2D eigenvalue weighted by molar-refractivity contribution is 0.0996. The van der Waals surface area contributed by atoms with Gasteiger partial charge < -0.3 is 9.73 Å². The van der Waals surface area contributed by atoms with E-state index in [-0.39, 0.29) is 11.5 Å². The zero-order valence-electron chi connectivity index (χ0n) is 10.7. The van der Waals surface area contributed by atoms with Crippen LogP contribution >= 0.6 is 0 Å². The molecule has 0 saturated heterocycles. The summed E-state index contributed by atoms with van der Waals surface area (Å²) in [7, 11) is -3.56. The van der Waals surface area contributed by atoms with Crippen LogP contribution in [0.1, 0.15) is 21.8 Å². The van der Waals surface area contributed by atoms with Crippen LogP contribution in [-0.4, -0.2) is 19.3 Å². The normalized spacial score (nSPS) is 11.3. The first-order valence-electron chi connectivity index (χ1n) is 5.66. The molecule has 0 aliphatic heterocycles. The number of aromatic nitrogens is 1. The van der Waals surface area contributed by atoms with Crippen molar-refractivity contribution in [1.82, 2.24) is 4.98 Å². The first-order valence-corrected chi connectivity index (χ1v) is 7.37. The molecule has 106 valence electrons. The number of aryl methyl sites for hydroxylation is 1. The summed E-state index contributed by atoms with van der Waals surface area (Å²) >= 11 is 0. The number of carbonyl (C=O) groups excluding carboxylic acids is 1. The highest BCUT2D eigenvalue weighted by molar-refractivity contribution is 7.88. The van der Waals surface area contributed by atoms with Crippen LogP contribution in [0.5, 0.6) is 0 Å². The molecule has 1 aromatic carbocycles. The number of hydrogen-bond acceptors (Lipinski definition) is 5. The summed E-state index contributed by atoms with van der Waals surface area (Å²) in [6.45, 7) is 1.66. The highest BCUT2D eigenvalue weighted by Gasteiger charge is 2.14. The van der Waals surface area contributed by atoms with E-state index in [0.717, 1.165) is 0 Å². The summed E-state index contributed by atoms with van der Waals surface area (Å²) < 4.78 is 26.9. The third kappa shape index (κ3) is 3.65. The third-order valence-corrected chi connectivity index (χ3v) is 3.27. The molecule has 0 radical (unpaired) electrons. The van der Waals surface area contributed by atoms with Crippen molar-refractivity contribution in [2.75, 3.05) is 5.32 Å². The molecule has 7 nitrogen and oxygen atoms in total. The SMILES string of the molecule is Cc1ncoc1C(=O)Nc1ccc(CS(N)(=O)=O)cc1. The average Bonchev–Trinajstić information content (AvgIpc) is 2.76. The molecule has 1 amide bonds. The molecular formula is C12H13N3O4S. The Morgan fingerprint density at radius 3 is 2.50 bits per heavy atom. The molecule has 0 saturated carbocycles. The summed E-state index contributed by atoms with van der Waals surface area (Å²) in [5.41, 5.74) is 1.55. The second kappa shape index (κ2) is 5.43. The third-order valence-electron chi connectivity index (χ3n) is 2.53.